The first-order valence-corrected chi connectivity index (χ1v) is 13.2. The van der Waals surface area contributed by atoms with E-state index in [9.17, 15) is 9.59 Å². The van der Waals surface area contributed by atoms with Gasteiger partial charge in [-0.25, -0.2) is 0 Å². The van der Waals surface area contributed by atoms with Gasteiger partial charge in [-0.15, -0.1) is 0 Å². The minimum Gasteiger partial charge on any atom is -0.497 e. The normalized spacial score (nSPS) is 11.9. The summed E-state index contributed by atoms with van der Waals surface area (Å²) in [6.45, 7) is 1.51. The summed E-state index contributed by atoms with van der Waals surface area (Å²) in [6, 6.07) is 20.8. The third kappa shape index (κ3) is 6.21. The Morgan fingerprint density at radius 1 is 0.925 bits per heavy atom. The van der Waals surface area contributed by atoms with Crippen LogP contribution >= 0.6 is 0 Å². The smallest absolute Gasteiger partial charge is 0.254 e. The molecule has 0 saturated carbocycles. The molecule has 40 heavy (non-hydrogen) atoms. The van der Waals surface area contributed by atoms with Gasteiger partial charge in [0.25, 0.3) is 5.91 Å². The summed E-state index contributed by atoms with van der Waals surface area (Å²) in [5.41, 5.74) is 3.59. The van der Waals surface area contributed by atoms with E-state index in [0.717, 1.165) is 27.8 Å². The highest BCUT2D eigenvalue weighted by Gasteiger charge is 2.25. The Hall–Kier alpha value is -4.50. The van der Waals surface area contributed by atoms with Crippen LogP contribution in [-0.4, -0.2) is 73.9 Å². The van der Waals surface area contributed by atoms with E-state index in [4.69, 9.17) is 18.9 Å². The highest BCUT2D eigenvalue weighted by Crippen LogP contribution is 2.33. The number of carbonyl (C=O) groups excluding carboxylic acids is 2. The molecule has 5 rings (SSSR count). The Morgan fingerprint density at radius 3 is 2.52 bits per heavy atom. The maximum Gasteiger partial charge on any atom is 0.254 e. The largest absolute Gasteiger partial charge is 0.497 e. The van der Waals surface area contributed by atoms with Crippen molar-refractivity contribution in [3.63, 3.8) is 0 Å². The van der Waals surface area contributed by atoms with Gasteiger partial charge in [-0.3, -0.25) is 9.59 Å². The van der Waals surface area contributed by atoms with E-state index in [1.807, 2.05) is 48.7 Å². The summed E-state index contributed by atoms with van der Waals surface area (Å²) in [5, 5.41) is 1.14. The predicted molar refractivity (Wildman–Crippen MR) is 151 cm³/mol. The summed E-state index contributed by atoms with van der Waals surface area (Å²) in [7, 11) is 3.19. The number of benzene rings is 3. The third-order valence-corrected chi connectivity index (χ3v) is 7.01. The molecule has 0 atom stereocenters. The number of ether oxygens (including phenoxy) is 4. The fourth-order valence-corrected chi connectivity index (χ4v) is 4.77. The number of fused-ring (bicyclic) bond motifs is 2. The SMILES string of the molecule is COCCN(CC(=O)N(CCc1c[nH]c2ccccc12)Cc1ccc(OC)cc1)C(=O)c1ccc2c(c1)OCO2. The molecule has 9 heteroatoms. The Kier molecular flexibility index (Phi) is 8.51. The topological polar surface area (TPSA) is 93.3 Å². The molecule has 0 bridgehead atoms. The highest BCUT2D eigenvalue weighted by atomic mass is 16.7. The van der Waals surface area contributed by atoms with Gasteiger partial charge in [0.15, 0.2) is 11.5 Å². The van der Waals surface area contributed by atoms with Crippen molar-refractivity contribution in [2.24, 2.45) is 0 Å². The van der Waals surface area contributed by atoms with E-state index in [-0.39, 0.29) is 31.7 Å². The molecule has 1 aliphatic heterocycles. The fourth-order valence-electron chi connectivity index (χ4n) is 4.77. The van der Waals surface area contributed by atoms with Crippen molar-refractivity contribution in [3.05, 3.63) is 89.6 Å². The number of rotatable bonds is 12. The zero-order valence-electron chi connectivity index (χ0n) is 22.7. The van der Waals surface area contributed by atoms with Crippen LogP contribution in [0, 0.1) is 0 Å². The molecule has 0 fully saturated rings. The Labute approximate surface area is 233 Å². The second kappa shape index (κ2) is 12.6. The summed E-state index contributed by atoms with van der Waals surface area (Å²) < 4.78 is 21.4. The number of hydrogen-bond donors (Lipinski definition) is 1. The number of aromatic nitrogens is 1. The lowest BCUT2D eigenvalue weighted by molar-refractivity contribution is -0.132. The van der Waals surface area contributed by atoms with Gasteiger partial charge in [0.2, 0.25) is 12.7 Å². The van der Waals surface area contributed by atoms with Crippen molar-refractivity contribution >= 4 is 22.7 Å². The molecule has 0 saturated heterocycles. The fraction of sp³-hybridized carbons (Fsp3) is 0.290. The van der Waals surface area contributed by atoms with Gasteiger partial charge < -0.3 is 33.7 Å². The van der Waals surface area contributed by atoms with Crippen molar-refractivity contribution in [3.8, 4) is 17.2 Å². The number of H-pyrrole nitrogens is 1. The molecule has 0 spiro atoms. The lowest BCUT2D eigenvalue weighted by Gasteiger charge is -2.28. The third-order valence-electron chi connectivity index (χ3n) is 7.01. The Morgan fingerprint density at radius 2 is 1.73 bits per heavy atom. The molecule has 208 valence electrons. The minimum absolute atomic E-state index is 0.0827. The average molecular weight is 544 g/mol. The predicted octanol–water partition coefficient (Wildman–Crippen LogP) is 4.27. The molecule has 1 aliphatic rings. The van der Waals surface area contributed by atoms with Crippen LogP contribution in [0.4, 0.5) is 0 Å². The summed E-state index contributed by atoms with van der Waals surface area (Å²) in [4.78, 5) is 34.0. The van der Waals surface area contributed by atoms with Crippen LogP contribution in [0.1, 0.15) is 21.5 Å². The standard InChI is InChI=1S/C31H33N3O6/c1-37-16-15-34(31(36)23-9-12-28-29(17-23)40-21-39-28)20-30(35)33(19-22-7-10-25(38-2)11-8-22)14-13-24-18-32-27-6-4-3-5-26(24)27/h3-12,17-18,32H,13-16,19-21H2,1-2H3. The second-order valence-corrected chi connectivity index (χ2v) is 9.56. The molecule has 0 aliphatic carbocycles. The average Bonchev–Trinajstić information content (AvgIpc) is 3.64. The molecule has 3 aromatic carbocycles. The van der Waals surface area contributed by atoms with Crippen LogP contribution in [0.3, 0.4) is 0 Å². The van der Waals surface area contributed by atoms with E-state index >= 15 is 0 Å². The van der Waals surface area contributed by atoms with Gasteiger partial charge in [-0.2, -0.15) is 0 Å². The van der Waals surface area contributed by atoms with E-state index in [1.165, 1.54) is 4.90 Å². The van der Waals surface area contributed by atoms with Gasteiger partial charge in [0, 0.05) is 49.4 Å². The van der Waals surface area contributed by atoms with Crippen molar-refractivity contribution in [2.45, 2.75) is 13.0 Å². The van der Waals surface area contributed by atoms with Crippen LogP contribution in [0.25, 0.3) is 10.9 Å². The lowest BCUT2D eigenvalue weighted by atomic mass is 10.1. The van der Waals surface area contributed by atoms with Crippen molar-refractivity contribution < 1.29 is 28.5 Å². The van der Waals surface area contributed by atoms with Crippen molar-refractivity contribution in [1.29, 1.82) is 0 Å². The van der Waals surface area contributed by atoms with E-state index < -0.39 is 0 Å². The first-order chi connectivity index (χ1) is 19.6. The Bertz CT molecular complexity index is 1470. The van der Waals surface area contributed by atoms with Gasteiger partial charge in [0.1, 0.15) is 12.3 Å². The molecular weight excluding hydrogens is 510 g/mol. The number of carbonyl (C=O) groups is 2. The molecule has 2 amide bonds. The number of amides is 2. The first kappa shape index (κ1) is 27.1. The van der Waals surface area contributed by atoms with Crippen molar-refractivity contribution in [1.82, 2.24) is 14.8 Å². The molecule has 0 radical (unpaired) electrons. The quantitative estimate of drug-likeness (QED) is 0.287. The highest BCUT2D eigenvalue weighted by molar-refractivity contribution is 5.97. The van der Waals surface area contributed by atoms with Crippen LogP contribution in [-0.2, 0) is 22.5 Å². The van der Waals surface area contributed by atoms with E-state index in [0.29, 0.717) is 43.2 Å². The monoisotopic (exact) mass is 543 g/mol. The lowest BCUT2D eigenvalue weighted by Crippen LogP contribution is -2.44. The molecule has 1 N–H and O–H groups in total. The van der Waals surface area contributed by atoms with Crippen molar-refractivity contribution in [2.75, 3.05) is 47.3 Å². The summed E-state index contributed by atoms with van der Waals surface area (Å²) in [6.07, 6.45) is 2.66. The van der Waals surface area contributed by atoms with E-state index in [1.54, 1.807) is 37.3 Å². The van der Waals surface area contributed by atoms with Gasteiger partial charge in [0.05, 0.1) is 13.7 Å². The van der Waals surface area contributed by atoms with Crippen LogP contribution in [0.5, 0.6) is 17.2 Å². The number of hydrogen-bond acceptors (Lipinski definition) is 6. The number of aromatic amines is 1. The summed E-state index contributed by atoms with van der Waals surface area (Å²) >= 11 is 0. The molecule has 9 nitrogen and oxygen atoms in total. The number of nitrogens with zero attached hydrogens (tertiary/aromatic N) is 2. The Balaban J connectivity index is 1.35. The zero-order valence-corrected chi connectivity index (χ0v) is 22.7. The maximum absolute atomic E-state index is 13.8. The zero-order chi connectivity index (χ0) is 27.9. The molecular formula is C31H33N3O6. The van der Waals surface area contributed by atoms with Crippen LogP contribution < -0.4 is 14.2 Å². The number of methoxy groups -OCH3 is 2. The van der Waals surface area contributed by atoms with Crippen LogP contribution in [0.15, 0.2) is 72.9 Å². The summed E-state index contributed by atoms with van der Waals surface area (Å²) in [5.74, 6) is 1.44. The maximum atomic E-state index is 13.8. The number of nitrogens with one attached hydrogen (secondary N) is 1. The second-order valence-electron chi connectivity index (χ2n) is 9.56. The first-order valence-electron chi connectivity index (χ1n) is 13.2. The van der Waals surface area contributed by atoms with E-state index in [2.05, 4.69) is 11.1 Å². The minimum atomic E-state index is -0.273. The van der Waals surface area contributed by atoms with Gasteiger partial charge in [-0.1, -0.05) is 30.3 Å². The molecule has 4 aromatic rings. The number of para-hydroxylation sites is 1. The van der Waals surface area contributed by atoms with Crippen LogP contribution in [0.2, 0.25) is 0 Å². The molecule has 1 aromatic heterocycles. The molecule has 2 heterocycles. The molecule has 0 unspecified atom stereocenters. The van der Waals surface area contributed by atoms with Gasteiger partial charge >= 0.3 is 0 Å². The van der Waals surface area contributed by atoms with Gasteiger partial charge in [-0.05, 0) is 53.9 Å².